The minimum Gasteiger partial charge on any atom is -0.450 e. The molecule has 0 saturated carbocycles. The third kappa shape index (κ3) is 4.82. The topological polar surface area (TPSA) is 85.6 Å². The summed E-state index contributed by atoms with van der Waals surface area (Å²) in [6.07, 6.45) is 0.374. The minimum atomic E-state index is -0.733. The third-order valence-electron chi connectivity index (χ3n) is 4.07. The molecule has 3 aromatic rings. The van der Waals surface area contributed by atoms with E-state index in [2.05, 4.69) is 5.32 Å². The highest BCUT2D eigenvalue weighted by Crippen LogP contribution is 2.19. The zero-order valence-corrected chi connectivity index (χ0v) is 14.8. The molecule has 1 atom stereocenters. The summed E-state index contributed by atoms with van der Waals surface area (Å²) in [4.78, 5) is 36.0. The van der Waals surface area contributed by atoms with E-state index >= 15 is 0 Å². The molecule has 138 valence electrons. The maximum Gasteiger partial charge on any atom is 0.374 e. The van der Waals surface area contributed by atoms with Gasteiger partial charge in [-0.25, -0.2) is 4.79 Å². The molecule has 0 bridgehead atoms. The van der Waals surface area contributed by atoms with Gasteiger partial charge < -0.3 is 14.5 Å². The highest BCUT2D eigenvalue weighted by molar-refractivity contribution is 5.94. The number of esters is 1. The van der Waals surface area contributed by atoms with Gasteiger partial charge in [-0.15, -0.1) is 0 Å². The van der Waals surface area contributed by atoms with Crippen LogP contribution < -0.4 is 5.32 Å². The number of Topliss-reactive ketones (excluding diaryl/α,β-unsaturated/α-hetero) is 1. The van der Waals surface area contributed by atoms with Crippen molar-refractivity contribution in [2.75, 3.05) is 6.61 Å². The second-order valence-corrected chi connectivity index (χ2v) is 6.15. The summed E-state index contributed by atoms with van der Waals surface area (Å²) in [5.41, 5.74) is 1.49. The molecule has 27 heavy (non-hydrogen) atoms. The molecule has 0 spiro atoms. The number of furan rings is 1. The SMILES string of the molecule is CC(=O)C(Cc1ccccc1)NC(=O)COC(=O)c1cc2ccccc2o1. The van der Waals surface area contributed by atoms with Gasteiger partial charge in [0.15, 0.2) is 12.4 Å². The predicted octanol–water partition coefficient (Wildman–Crippen LogP) is 2.91. The van der Waals surface area contributed by atoms with Crippen molar-refractivity contribution < 1.29 is 23.5 Å². The van der Waals surface area contributed by atoms with E-state index in [0.29, 0.717) is 12.0 Å². The molecule has 0 aliphatic carbocycles. The van der Waals surface area contributed by atoms with Gasteiger partial charge in [-0.3, -0.25) is 9.59 Å². The first-order valence-electron chi connectivity index (χ1n) is 8.52. The van der Waals surface area contributed by atoms with Crippen molar-refractivity contribution in [1.82, 2.24) is 5.32 Å². The van der Waals surface area contributed by atoms with E-state index < -0.39 is 24.5 Å². The molecule has 1 unspecified atom stereocenters. The lowest BCUT2D eigenvalue weighted by Crippen LogP contribution is -2.43. The lowest BCUT2D eigenvalue weighted by atomic mass is 10.0. The van der Waals surface area contributed by atoms with Crippen LogP contribution in [0.1, 0.15) is 23.0 Å². The standard InChI is InChI=1S/C21H19NO5/c1-14(23)17(11-15-7-3-2-4-8-15)22-20(24)13-26-21(25)19-12-16-9-5-6-10-18(16)27-19/h2-10,12,17H,11,13H2,1H3,(H,22,24). The fraction of sp³-hybridized carbons (Fsp3) is 0.190. The van der Waals surface area contributed by atoms with Crippen LogP contribution in [0.4, 0.5) is 0 Å². The highest BCUT2D eigenvalue weighted by Gasteiger charge is 2.20. The van der Waals surface area contributed by atoms with Gasteiger partial charge in [0.2, 0.25) is 5.76 Å². The van der Waals surface area contributed by atoms with Gasteiger partial charge in [-0.2, -0.15) is 0 Å². The second-order valence-electron chi connectivity index (χ2n) is 6.15. The smallest absolute Gasteiger partial charge is 0.374 e. The molecule has 0 aliphatic heterocycles. The molecule has 0 radical (unpaired) electrons. The molecule has 0 fully saturated rings. The van der Waals surface area contributed by atoms with E-state index in [4.69, 9.17) is 9.15 Å². The normalized spacial score (nSPS) is 11.7. The van der Waals surface area contributed by atoms with Gasteiger partial charge in [-0.1, -0.05) is 48.5 Å². The monoisotopic (exact) mass is 365 g/mol. The lowest BCUT2D eigenvalue weighted by Gasteiger charge is -2.16. The first kappa shape index (κ1) is 18.4. The Morgan fingerprint density at radius 1 is 1.04 bits per heavy atom. The number of amides is 1. The van der Waals surface area contributed by atoms with E-state index in [1.165, 1.54) is 6.92 Å². The number of hydrogen-bond acceptors (Lipinski definition) is 5. The van der Waals surface area contributed by atoms with Crippen LogP contribution in [0.5, 0.6) is 0 Å². The predicted molar refractivity (Wildman–Crippen MR) is 99.3 cm³/mol. The minimum absolute atomic E-state index is 0.0244. The number of rotatable bonds is 7. The van der Waals surface area contributed by atoms with Gasteiger partial charge in [0.05, 0.1) is 6.04 Å². The number of para-hydroxylation sites is 1. The molecule has 0 saturated heterocycles. The second kappa shape index (κ2) is 8.31. The van der Waals surface area contributed by atoms with Crippen LogP contribution in [0.25, 0.3) is 11.0 Å². The number of nitrogens with one attached hydrogen (secondary N) is 1. The van der Waals surface area contributed by atoms with E-state index in [1.54, 1.807) is 18.2 Å². The van der Waals surface area contributed by atoms with Gasteiger partial charge in [0.25, 0.3) is 5.91 Å². The molecule has 0 aliphatic rings. The zero-order chi connectivity index (χ0) is 19.2. The van der Waals surface area contributed by atoms with Crippen molar-refractivity contribution in [3.63, 3.8) is 0 Å². The number of carbonyl (C=O) groups is 3. The Bertz CT molecular complexity index is 928. The average Bonchev–Trinajstić information content (AvgIpc) is 3.10. The fourth-order valence-corrected chi connectivity index (χ4v) is 2.67. The quantitative estimate of drug-likeness (QED) is 0.651. The van der Waals surface area contributed by atoms with Crippen LogP contribution in [-0.2, 0) is 20.7 Å². The van der Waals surface area contributed by atoms with E-state index in [0.717, 1.165) is 10.9 Å². The van der Waals surface area contributed by atoms with Crippen molar-refractivity contribution in [3.8, 4) is 0 Å². The molecular weight excluding hydrogens is 346 g/mol. The number of fused-ring (bicyclic) bond motifs is 1. The maximum atomic E-state index is 12.1. The van der Waals surface area contributed by atoms with Gasteiger partial charge in [0, 0.05) is 5.39 Å². The van der Waals surface area contributed by atoms with Gasteiger partial charge in [0.1, 0.15) is 5.58 Å². The number of benzene rings is 2. The van der Waals surface area contributed by atoms with Crippen LogP contribution in [0.3, 0.4) is 0 Å². The molecule has 3 rings (SSSR count). The van der Waals surface area contributed by atoms with Crippen molar-refractivity contribution in [3.05, 3.63) is 72.0 Å². The van der Waals surface area contributed by atoms with Crippen LogP contribution >= 0.6 is 0 Å². The first-order chi connectivity index (χ1) is 13.0. The summed E-state index contributed by atoms with van der Waals surface area (Å²) < 4.78 is 10.4. The van der Waals surface area contributed by atoms with E-state index in [-0.39, 0.29) is 11.5 Å². The van der Waals surface area contributed by atoms with Crippen LogP contribution in [-0.4, -0.2) is 30.3 Å². The summed E-state index contributed by atoms with van der Waals surface area (Å²) in [7, 11) is 0. The number of ether oxygens (including phenoxy) is 1. The highest BCUT2D eigenvalue weighted by atomic mass is 16.5. The first-order valence-corrected chi connectivity index (χ1v) is 8.52. The number of hydrogen-bond donors (Lipinski definition) is 1. The summed E-state index contributed by atoms with van der Waals surface area (Å²) in [5.74, 6) is -1.42. The Hall–Kier alpha value is -3.41. The maximum absolute atomic E-state index is 12.1. The Kier molecular flexibility index (Phi) is 5.66. The largest absolute Gasteiger partial charge is 0.450 e. The number of ketones is 1. The molecule has 1 N–H and O–H groups in total. The number of carbonyl (C=O) groups excluding carboxylic acids is 3. The molecule has 1 aromatic heterocycles. The van der Waals surface area contributed by atoms with Crippen molar-refractivity contribution in [2.45, 2.75) is 19.4 Å². The summed E-state index contributed by atoms with van der Waals surface area (Å²) in [5, 5.41) is 3.37. The zero-order valence-electron chi connectivity index (χ0n) is 14.8. The molecule has 1 heterocycles. The molecule has 6 heteroatoms. The fourth-order valence-electron chi connectivity index (χ4n) is 2.67. The Morgan fingerprint density at radius 3 is 2.44 bits per heavy atom. The molecule has 1 amide bonds. The van der Waals surface area contributed by atoms with Crippen LogP contribution in [0.2, 0.25) is 0 Å². The molecular formula is C21H19NO5. The Balaban J connectivity index is 1.55. The van der Waals surface area contributed by atoms with Crippen molar-refractivity contribution in [1.29, 1.82) is 0 Å². The van der Waals surface area contributed by atoms with Gasteiger partial charge >= 0.3 is 5.97 Å². The molecule has 6 nitrogen and oxygen atoms in total. The average molecular weight is 365 g/mol. The lowest BCUT2D eigenvalue weighted by molar-refractivity contribution is -0.128. The van der Waals surface area contributed by atoms with Crippen molar-refractivity contribution in [2.24, 2.45) is 0 Å². The van der Waals surface area contributed by atoms with Crippen LogP contribution in [0.15, 0.2) is 65.1 Å². The summed E-state index contributed by atoms with van der Waals surface area (Å²) in [6, 6.07) is 17.4. The third-order valence-corrected chi connectivity index (χ3v) is 4.07. The Morgan fingerprint density at radius 2 is 1.74 bits per heavy atom. The van der Waals surface area contributed by atoms with E-state index in [9.17, 15) is 14.4 Å². The van der Waals surface area contributed by atoms with Crippen LogP contribution in [0, 0.1) is 0 Å². The Labute approximate surface area is 156 Å². The summed E-state index contributed by atoms with van der Waals surface area (Å²) in [6.45, 7) is 0.919. The van der Waals surface area contributed by atoms with Crippen molar-refractivity contribution >= 4 is 28.6 Å². The summed E-state index contributed by atoms with van der Waals surface area (Å²) >= 11 is 0. The van der Waals surface area contributed by atoms with E-state index in [1.807, 2.05) is 42.5 Å². The van der Waals surface area contributed by atoms with Gasteiger partial charge in [-0.05, 0) is 31.0 Å². The molecule has 2 aromatic carbocycles.